The zero-order valence-corrected chi connectivity index (χ0v) is 20.7. The van der Waals surface area contributed by atoms with Crippen molar-refractivity contribution in [3.8, 4) is 5.75 Å². The van der Waals surface area contributed by atoms with Gasteiger partial charge in [-0.3, -0.25) is 9.58 Å². The lowest BCUT2D eigenvalue weighted by Crippen LogP contribution is -2.37. The number of ether oxygens (including phenoxy) is 1. The minimum absolute atomic E-state index is 0.556. The average Bonchev–Trinajstić information content (AvgIpc) is 2.99. The van der Waals surface area contributed by atoms with Crippen molar-refractivity contribution in [2.75, 3.05) is 31.5 Å². The highest BCUT2D eigenvalue weighted by molar-refractivity contribution is 7.80. The number of hydrogen-bond donors (Lipinski definition) is 1. The van der Waals surface area contributed by atoms with E-state index in [0.717, 1.165) is 77.7 Å². The molecule has 1 N–H and O–H groups in total. The Morgan fingerprint density at radius 1 is 1.06 bits per heavy atom. The zero-order valence-electron chi connectivity index (χ0n) is 19.1. The molecule has 0 unspecified atom stereocenters. The van der Waals surface area contributed by atoms with Crippen LogP contribution in [0.3, 0.4) is 0 Å². The van der Waals surface area contributed by atoms with Crippen molar-refractivity contribution < 1.29 is 4.74 Å². The first-order chi connectivity index (χ1) is 16.0. The predicted molar refractivity (Wildman–Crippen MR) is 138 cm³/mol. The molecule has 0 radical (unpaired) electrons. The highest BCUT2D eigenvalue weighted by atomic mass is 35.5. The minimum Gasteiger partial charge on any atom is -0.489 e. The molecule has 3 aromatic rings. The average molecular weight is 484 g/mol. The van der Waals surface area contributed by atoms with E-state index >= 15 is 0 Å². The lowest BCUT2D eigenvalue weighted by atomic mass is 10.2. The predicted octanol–water partition coefficient (Wildman–Crippen LogP) is 4.87. The third-order valence-electron chi connectivity index (χ3n) is 5.88. The van der Waals surface area contributed by atoms with Crippen molar-refractivity contribution in [3.05, 3.63) is 76.6 Å². The molecule has 174 valence electrons. The van der Waals surface area contributed by atoms with E-state index in [1.165, 1.54) is 0 Å². The number of hydrogen-bond acceptors (Lipinski definition) is 4. The number of aryl methyl sites for hydroxylation is 2. The molecule has 0 bridgehead atoms. The van der Waals surface area contributed by atoms with Crippen LogP contribution in [0.1, 0.15) is 23.2 Å². The van der Waals surface area contributed by atoms with Gasteiger partial charge in [-0.25, -0.2) is 0 Å². The summed E-state index contributed by atoms with van der Waals surface area (Å²) < 4.78 is 7.62. The Hall–Kier alpha value is -2.61. The maximum Gasteiger partial charge on any atom is 0.173 e. The maximum atomic E-state index is 6.43. The Morgan fingerprint density at radius 3 is 2.52 bits per heavy atom. The van der Waals surface area contributed by atoms with Gasteiger partial charge < -0.3 is 15.0 Å². The molecule has 4 rings (SSSR count). The van der Waals surface area contributed by atoms with Crippen molar-refractivity contribution >= 4 is 34.6 Å². The van der Waals surface area contributed by atoms with Crippen LogP contribution in [0.5, 0.6) is 5.75 Å². The fourth-order valence-electron chi connectivity index (χ4n) is 3.99. The third-order valence-corrected chi connectivity index (χ3v) is 6.71. The zero-order chi connectivity index (χ0) is 23.2. The molecule has 1 aromatic heterocycles. The Balaban J connectivity index is 1.27. The van der Waals surface area contributed by atoms with E-state index in [0.29, 0.717) is 6.61 Å². The summed E-state index contributed by atoms with van der Waals surface area (Å²) in [6.07, 6.45) is 1.05. The van der Waals surface area contributed by atoms with Gasteiger partial charge in [0.15, 0.2) is 5.11 Å². The Kier molecular flexibility index (Phi) is 7.85. The SMILES string of the molecule is Cc1nn(C)c(Cl)c1CN1CCCN(C(=S)Nc2ccc(OCc3ccccc3)cc2)CC1. The first kappa shape index (κ1) is 23.5. The summed E-state index contributed by atoms with van der Waals surface area (Å²) in [7, 11) is 1.88. The second kappa shape index (κ2) is 11.0. The second-order valence-corrected chi connectivity index (χ2v) is 9.07. The summed E-state index contributed by atoms with van der Waals surface area (Å²) in [5.74, 6) is 0.838. The Morgan fingerprint density at radius 2 is 1.82 bits per heavy atom. The highest BCUT2D eigenvalue weighted by Crippen LogP contribution is 2.22. The topological polar surface area (TPSA) is 45.6 Å². The molecule has 6 nitrogen and oxygen atoms in total. The molecule has 0 spiro atoms. The molecule has 8 heteroatoms. The number of rotatable bonds is 6. The molecule has 0 aliphatic carbocycles. The van der Waals surface area contributed by atoms with Crippen molar-refractivity contribution in [1.82, 2.24) is 19.6 Å². The van der Waals surface area contributed by atoms with Crippen LogP contribution in [0, 0.1) is 6.92 Å². The Labute approximate surface area is 206 Å². The summed E-state index contributed by atoms with van der Waals surface area (Å²) >= 11 is 12.1. The lowest BCUT2D eigenvalue weighted by Gasteiger charge is -2.24. The normalized spacial score (nSPS) is 14.7. The van der Waals surface area contributed by atoms with Crippen LogP contribution in [-0.2, 0) is 20.2 Å². The molecule has 0 amide bonds. The van der Waals surface area contributed by atoms with E-state index in [9.17, 15) is 0 Å². The fourth-order valence-corrected chi connectivity index (χ4v) is 4.52. The van der Waals surface area contributed by atoms with E-state index in [1.54, 1.807) is 4.68 Å². The van der Waals surface area contributed by atoms with E-state index in [4.69, 9.17) is 28.6 Å². The molecular formula is C25H30ClN5OS. The van der Waals surface area contributed by atoms with E-state index in [-0.39, 0.29) is 0 Å². The van der Waals surface area contributed by atoms with Crippen molar-refractivity contribution in [3.63, 3.8) is 0 Å². The molecule has 0 atom stereocenters. The molecule has 1 aliphatic heterocycles. The van der Waals surface area contributed by atoms with Gasteiger partial charge in [-0.05, 0) is 55.4 Å². The van der Waals surface area contributed by atoms with Crippen LogP contribution >= 0.6 is 23.8 Å². The van der Waals surface area contributed by atoms with E-state index in [2.05, 4.69) is 32.3 Å². The van der Waals surface area contributed by atoms with Crippen molar-refractivity contribution in [1.29, 1.82) is 0 Å². The minimum atomic E-state index is 0.556. The number of nitrogens with zero attached hydrogens (tertiary/aromatic N) is 4. The van der Waals surface area contributed by atoms with Crippen LogP contribution in [-0.4, -0.2) is 50.9 Å². The van der Waals surface area contributed by atoms with Crippen LogP contribution in [0.2, 0.25) is 5.15 Å². The van der Waals surface area contributed by atoms with Crippen LogP contribution in [0.15, 0.2) is 54.6 Å². The summed E-state index contributed by atoms with van der Waals surface area (Å²) in [6.45, 7) is 7.14. The number of halogens is 1. The molecule has 2 heterocycles. The number of anilines is 1. The van der Waals surface area contributed by atoms with Gasteiger partial charge in [-0.15, -0.1) is 0 Å². The third kappa shape index (κ3) is 6.25. The van der Waals surface area contributed by atoms with Gasteiger partial charge in [0.2, 0.25) is 0 Å². The molecule has 2 aromatic carbocycles. The van der Waals surface area contributed by atoms with Gasteiger partial charge in [0.05, 0.1) is 5.69 Å². The molecule has 1 aliphatic rings. The summed E-state index contributed by atoms with van der Waals surface area (Å²) in [5, 5.41) is 9.28. The number of benzene rings is 2. The van der Waals surface area contributed by atoms with E-state index < -0.39 is 0 Å². The van der Waals surface area contributed by atoms with Crippen molar-refractivity contribution in [2.24, 2.45) is 7.05 Å². The smallest absolute Gasteiger partial charge is 0.173 e. The quantitative estimate of drug-likeness (QED) is 0.505. The number of nitrogens with one attached hydrogen (secondary N) is 1. The first-order valence-electron chi connectivity index (χ1n) is 11.2. The molecule has 33 heavy (non-hydrogen) atoms. The van der Waals surface area contributed by atoms with Crippen molar-refractivity contribution in [2.45, 2.75) is 26.5 Å². The molecule has 1 saturated heterocycles. The molecule has 1 fully saturated rings. The fraction of sp³-hybridized carbons (Fsp3) is 0.360. The van der Waals surface area contributed by atoms with Gasteiger partial charge >= 0.3 is 0 Å². The highest BCUT2D eigenvalue weighted by Gasteiger charge is 2.20. The standard InChI is InChI=1S/C25H30ClN5OS/c1-19-23(24(26)29(2)28-19)17-30-13-6-14-31(16-15-30)25(33)27-21-9-11-22(12-10-21)32-18-20-7-4-3-5-8-20/h3-5,7-12H,6,13-18H2,1-2H3,(H,27,33). The second-order valence-electron chi connectivity index (χ2n) is 8.32. The van der Waals surface area contributed by atoms with Crippen LogP contribution in [0.4, 0.5) is 5.69 Å². The van der Waals surface area contributed by atoms with Gasteiger partial charge in [-0.2, -0.15) is 5.10 Å². The first-order valence-corrected chi connectivity index (χ1v) is 12.0. The molecular weight excluding hydrogens is 454 g/mol. The van der Waals surface area contributed by atoms with Crippen LogP contribution in [0.25, 0.3) is 0 Å². The van der Waals surface area contributed by atoms with Gasteiger partial charge in [0.1, 0.15) is 17.5 Å². The maximum absolute atomic E-state index is 6.43. The largest absolute Gasteiger partial charge is 0.489 e. The number of thiocarbonyl (C=S) groups is 1. The van der Waals surface area contributed by atoms with Gasteiger partial charge in [0, 0.05) is 51.0 Å². The Bertz CT molecular complexity index is 1070. The summed E-state index contributed by atoms with van der Waals surface area (Å²) in [5.41, 5.74) is 4.22. The van der Waals surface area contributed by atoms with Crippen LogP contribution < -0.4 is 10.1 Å². The number of aromatic nitrogens is 2. The lowest BCUT2D eigenvalue weighted by molar-refractivity contribution is 0.277. The molecule has 0 saturated carbocycles. The summed E-state index contributed by atoms with van der Waals surface area (Å²) in [4.78, 5) is 4.67. The van der Waals surface area contributed by atoms with E-state index in [1.807, 2.05) is 56.4 Å². The van der Waals surface area contributed by atoms with Gasteiger partial charge in [-0.1, -0.05) is 41.9 Å². The summed E-state index contributed by atoms with van der Waals surface area (Å²) in [6, 6.07) is 18.1. The monoisotopic (exact) mass is 483 g/mol. The van der Waals surface area contributed by atoms with Gasteiger partial charge in [0.25, 0.3) is 0 Å².